The molecule has 16 heavy (non-hydrogen) atoms. The molecular weight excluding hydrogens is 212 g/mol. The highest BCUT2D eigenvalue weighted by Gasteiger charge is 2.48. The molecule has 1 fully saturated rings. The lowest BCUT2D eigenvalue weighted by atomic mass is 9.73. The summed E-state index contributed by atoms with van der Waals surface area (Å²) in [6.45, 7) is 3.54. The molecular formula is C11H18O5. The molecule has 0 aromatic carbocycles. The average Bonchev–Trinajstić information content (AvgIpc) is 2.24. The van der Waals surface area contributed by atoms with Gasteiger partial charge in [0.2, 0.25) is 0 Å². The summed E-state index contributed by atoms with van der Waals surface area (Å²) >= 11 is 0. The van der Waals surface area contributed by atoms with Crippen LogP contribution < -0.4 is 0 Å². The maximum atomic E-state index is 11.4. The standard InChI is InChI=1S/C11H18O5/c1-3-4-7-5-11(15,10(14)16-2)6-8(12)9(7)13/h3,7-9,12-13,15H,1,4-6H2,2H3/t7-,8+,9+,11-/m0/s1. The van der Waals surface area contributed by atoms with E-state index >= 15 is 0 Å². The van der Waals surface area contributed by atoms with Crippen molar-refractivity contribution in [2.45, 2.75) is 37.1 Å². The normalized spacial score (nSPS) is 39.1. The summed E-state index contributed by atoms with van der Waals surface area (Å²) in [5.74, 6) is -1.15. The van der Waals surface area contributed by atoms with Gasteiger partial charge in [0.1, 0.15) is 0 Å². The number of rotatable bonds is 3. The summed E-state index contributed by atoms with van der Waals surface area (Å²) in [4.78, 5) is 11.4. The molecule has 0 saturated heterocycles. The van der Waals surface area contributed by atoms with Crippen molar-refractivity contribution < 1.29 is 24.9 Å². The van der Waals surface area contributed by atoms with Crippen molar-refractivity contribution in [1.29, 1.82) is 0 Å². The van der Waals surface area contributed by atoms with Gasteiger partial charge in [-0.25, -0.2) is 4.79 Å². The molecule has 0 heterocycles. The van der Waals surface area contributed by atoms with Crippen LogP contribution in [0.3, 0.4) is 0 Å². The van der Waals surface area contributed by atoms with Gasteiger partial charge >= 0.3 is 5.97 Å². The second-order valence-corrected chi connectivity index (χ2v) is 4.27. The van der Waals surface area contributed by atoms with E-state index < -0.39 is 23.8 Å². The van der Waals surface area contributed by atoms with E-state index in [-0.39, 0.29) is 18.8 Å². The lowest BCUT2D eigenvalue weighted by Crippen LogP contribution is -2.54. The topological polar surface area (TPSA) is 87.0 Å². The number of methoxy groups -OCH3 is 1. The second-order valence-electron chi connectivity index (χ2n) is 4.27. The highest BCUT2D eigenvalue weighted by Crippen LogP contribution is 2.35. The van der Waals surface area contributed by atoms with Crippen molar-refractivity contribution in [2.24, 2.45) is 5.92 Å². The fourth-order valence-electron chi connectivity index (χ4n) is 2.21. The number of ether oxygens (including phenoxy) is 1. The van der Waals surface area contributed by atoms with Crippen LogP contribution in [-0.2, 0) is 9.53 Å². The van der Waals surface area contributed by atoms with Crippen molar-refractivity contribution >= 4 is 5.97 Å². The first kappa shape index (κ1) is 13.2. The molecule has 5 nitrogen and oxygen atoms in total. The Morgan fingerprint density at radius 3 is 2.69 bits per heavy atom. The quantitative estimate of drug-likeness (QED) is 0.453. The van der Waals surface area contributed by atoms with E-state index in [9.17, 15) is 20.1 Å². The third-order valence-electron chi connectivity index (χ3n) is 3.06. The van der Waals surface area contributed by atoms with Crippen LogP contribution in [0.25, 0.3) is 0 Å². The summed E-state index contributed by atoms with van der Waals surface area (Å²) in [7, 11) is 1.18. The van der Waals surface area contributed by atoms with Crippen LogP contribution in [0, 0.1) is 5.92 Å². The maximum Gasteiger partial charge on any atom is 0.337 e. The molecule has 0 aromatic heterocycles. The van der Waals surface area contributed by atoms with Gasteiger partial charge in [0.15, 0.2) is 5.60 Å². The molecule has 92 valence electrons. The molecule has 0 amide bonds. The first-order valence-corrected chi connectivity index (χ1v) is 5.22. The van der Waals surface area contributed by atoms with E-state index in [2.05, 4.69) is 11.3 Å². The summed E-state index contributed by atoms with van der Waals surface area (Å²) in [5, 5.41) is 29.3. The second kappa shape index (κ2) is 4.95. The molecule has 1 aliphatic rings. The van der Waals surface area contributed by atoms with Gasteiger partial charge in [-0.05, 0) is 18.8 Å². The Balaban J connectivity index is 2.84. The molecule has 0 bridgehead atoms. The molecule has 5 heteroatoms. The van der Waals surface area contributed by atoms with Crippen LogP contribution in [-0.4, -0.2) is 46.2 Å². The fourth-order valence-corrected chi connectivity index (χ4v) is 2.21. The first-order chi connectivity index (χ1) is 7.44. The predicted octanol–water partition coefficient (Wildman–Crippen LogP) is -0.402. The Kier molecular flexibility index (Phi) is 4.07. The Bertz CT molecular complexity index is 278. The van der Waals surface area contributed by atoms with E-state index in [0.29, 0.717) is 6.42 Å². The van der Waals surface area contributed by atoms with Gasteiger partial charge in [0, 0.05) is 6.42 Å². The van der Waals surface area contributed by atoms with Crippen LogP contribution in [0.4, 0.5) is 0 Å². The number of allylic oxidation sites excluding steroid dienone is 1. The highest BCUT2D eigenvalue weighted by atomic mass is 16.5. The number of aliphatic hydroxyl groups excluding tert-OH is 2. The fraction of sp³-hybridized carbons (Fsp3) is 0.727. The minimum atomic E-state index is -1.71. The molecule has 3 N–H and O–H groups in total. The Hall–Kier alpha value is -0.910. The molecule has 0 unspecified atom stereocenters. The van der Waals surface area contributed by atoms with Gasteiger partial charge in [0.05, 0.1) is 19.3 Å². The smallest absolute Gasteiger partial charge is 0.337 e. The van der Waals surface area contributed by atoms with Crippen molar-refractivity contribution in [3.05, 3.63) is 12.7 Å². The Morgan fingerprint density at radius 2 is 2.19 bits per heavy atom. The highest BCUT2D eigenvalue weighted by molar-refractivity contribution is 5.79. The molecule has 0 aromatic rings. The van der Waals surface area contributed by atoms with Crippen LogP contribution in [0.5, 0.6) is 0 Å². The van der Waals surface area contributed by atoms with Crippen molar-refractivity contribution in [2.75, 3.05) is 7.11 Å². The summed E-state index contributed by atoms with van der Waals surface area (Å²) in [5.41, 5.74) is -1.71. The zero-order valence-electron chi connectivity index (χ0n) is 9.30. The monoisotopic (exact) mass is 230 g/mol. The summed E-state index contributed by atoms with van der Waals surface area (Å²) in [6.07, 6.45) is -0.176. The van der Waals surface area contributed by atoms with Crippen molar-refractivity contribution in [3.63, 3.8) is 0 Å². The van der Waals surface area contributed by atoms with Gasteiger partial charge in [-0.3, -0.25) is 0 Å². The minimum absolute atomic E-state index is 0.0733. The van der Waals surface area contributed by atoms with Gasteiger partial charge in [-0.1, -0.05) is 6.08 Å². The van der Waals surface area contributed by atoms with E-state index in [1.165, 1.54) is 7.11 Å². The third kappa shape index (κ3) is 2.42. The van der Waals surface area contributed by atoms with Crippen LogP contribution in [0.2, 0.25) is 0 Å². The molecule has 0 radical (unpaired) electrons. The largest absolute Gasteiger partial charge is 0.467 e. The lowest BCUT2D eigenvalue weighted by Gasteiger charge is -2.40. The van der Waals surface area contributed by atoms with E-state index in [1.807, 2.05) is 0 Å². The van der Waals surface area contributed by atoms with Crippen molar-refractivity contribution in [3.8, 4) is 0 Å². The molecule has 0 aliphatic heterocycles. The van der Waals surface area contributed by atoms with E-state index in [1.54, 1.807) is 6.08 Å². The molecule has 1 saturated carbocycles. The molecule has 4 atom stereocenters. The number of esters is 1. The summed E-state index contributed by atoms with van der Waals surface area (Å²) in [6, 6.07) is 0. The minimum Gasteiger partial charge on any atom is -0.467 e. The van der Waals surface area contributed by atoms with E-state index in [4.69, 9.17) is 0 Å². The van der Waals surface area contributed by atoms with Gasteiger partial charge in [-0.2, -0.15) is 0 Å². The summed E-state index contributed by atoms with van der Waals surface area (Å²) < 4.78 is 4.50. The molecule has 1 aliphatic carbocycles. The number of aliphatic hydroxyl groups is 3. The molecule has 0 spiro atoms. The van der Waals surface area contributed by atoms with Gasteiger partial charge in [-0.15, -0.1) is 6.58 Å². The third-order valence-corrected chi connectivity index (χ3v) is 3.06. The van der Waals surface area contributed by atoms with Crippen LogP contribution in [0.15, 0.2) is 12.7 Å². The first-order valence-electron chi connectivity index (χ1n) is 5.22. The zero-order chi connectivity index (χ0) is 12.3. The SMILES string of the molecule is C=CC[C@H]1C[C@@](O)(C(=O)OC)C[C@@H](O)[C@@H]1O. The number of carbonyl (C=O) groups excluding carboxylic acids is 1. The lowest BCUT2D eigenvalue weighted by molar-refractivity contribution is -0.182. The van der Waals surface area contributed by atoms with E-state index in [0.717, 1.165) is 0 Å². The zero-order valence-corrected chi connectivity index (χ0v) is 9.30. The van der Waals surface area contributed by atoms with Gasteiger partial charge < -0.3 is 20.1 Å². The van der Waals surface area contributed by atoms with Gasteiger partial charge in [0.25, 0.3) is 0 Å². The van der Waals surface area contributed by atoms with Crippen LogP contribution in [0.1, 0.15) is 19.3 Å². The average molecular weight is 230 g/mol. The van der Waals surface area contributed by atoms with Crippen molar-refractivity contribution in [1.82, 2.24) is 0 Å². The Morgan fingerprint density at radius 1 is 1.56 bits per heavy atom. The van der Waals surface area contributed by atoms with Crippen LogP contribution >= 0.6 is 0 Å². The molecule has 1 rings (SSSR count). The Labute approximate surface area is 94.4 Å². The number of carbonyl (C=O) groups is 1. The maximum absolute atomic E-state index is 11.4. The predicted molar refractivity (Wildman–Crippen MR) is 56.5 cm³/mol. The number of hydrogen-bond donors (Lipinski definition) is 3. The number of hydrogen-bond acceptors (Lipinski definition) is 5.